The third-order valence-corrected chi connectivity index (χ3v) is 6.81. The molecule has 170 valence electrons. The van der Waals surface area contributed by atoms with E-state index in [1.54, 1.807) is 0 Å². The molecule has 0 spiro atoms. The van der Waals surface area contributed by atoms with Crippen molar-refractivity contribution in [1.82, 2.24) is 15.2 Å². The van der Waals surface area contributed by atoms with Crippen molar-refractivity contribution < 1.29 is 0 Å². The lowest BCUT2D eigenvalue weighted by molar-refractivity contribution is 0.379. The lowest BCUT2D eigenvalue weighted by Crippen LogP contribution is -2.43. The van der Waals surface area contributed by atoms with Gasteiger partial charge in [0.15, 0.2) is 6.19 Å². The Hall–Kier alpha value is -3.62. The molecule has 2 heterocycles. The first kappa shape index (κ1) is 22.2. The molecular weight excluding hydrogens is 442 g/mol. The van der Waals surface area contributed by atoms with E-state index in [0.29, 0.717) is 12.5 Å². The standard InChI is InChI=1S/C28H26ClN5/c29-24-10-11-25-23(17-24)9-8-22-7-4-14-31-27(22)26(25)21-12-15-34(16-13-21)28(33-19-30)32-18-20-5-2-1-3-6-20/h1-7,10-11,14,17H,8-9,12-13,15-16,18H2,(H,32,33). The molecule has 0 atom stereocenters. The molecule has 1 aromatic heterocycles. The Balaban J connectivity index is 1.45. The number of aryl methyl sites for hydroxylation is 2. The molecule has 0 saturated carbocycles. The van der Waals surface area contributed by atoms with Crippen LogP contribution in [0.2, 0.25) is 5.02 Å². The van der Waals surface area contributed by atoms with Gasteiger partial charge in [0.1, 0.15) is 0 Å². The molecule has 1 aliphatic carbocycles. The van der Waals surface area contributed by atoms with Gasteiger partial charge in [0.2, 0.25) is 5.96 Å². The van der Waals surface area contributed by atoms with Gasteiger partial charge in [0.25, 0.3) is 0 Å². The van der Waals surface area contributed by atoms with E-state index in [9.17, 15) is 5.26 Å². The first-order valence-corrected chi connectivity index (χ1v) is 12.0. The number of nitriles is 1. The van der Waals surface area contributed by atoms with E-state index in [1.807, 2.05) is 48.7 Å². The van der Waals surface area contributed by atoms with Crippen LogP contribution in [0, 0.1) is 11.5 Å². The van der Waals surface area contributed by atoms with E-state index in [0.717, 1.165) is 55.1 Å². The van der Waals surface area contributed by atoms with Gasteiger partial charge in [-0.05, 0) is 66.1 Å². The average molecular weight is 468 g/mol. The predicted octanol–water partition coefficient (Wildman–Crippen LogP) is 5.36. The molecular formula is C28H26ClN5. The maximum atomic E-state index is 9.30. The van der Waals surface area contributed by atoms with Crippen LogP contribution in [0.4, 0.5) is 0 Å². The molecule has 2 aromatic carbocycles. The van der Waals surface area contributed by atoms with Crippen LogP contribution in [0.5, 0.6) is 0 Å². The monoisotopic (exact) mass is 467 g/mol. The number of nitrogens with one attached hydrogen (secondary N) is 1. The molecule has 1 N–H and O–H groups in total. The normalized spacial score (nSPS) is 15.8. The maximum absolute atomic E-state index is 9.30. The zero-order valence-electron chi connectivity index (χ0n) is 19.0. The number of hydrogen-bond donors (Lipinski definition) is 1. The van der Waals surface area contributed by atoms with Crippen LogP contribution in [0.25, 0.3) is 5.57 Å². The summed E-state index contributed by atoms with van der Waals surface area (Å²) in [6.45, 7) is 2.14. The van der Waals surface area contributed by atoms with Gasteiger partial charge in [0, 0.05) is 29.9 Å². The van der Waals surface area contributed by atoms with Crippen molar-refractivity contribution >= 4 is 23.1 Å². The molecule has 3 aromatic rings. The Kier molecular flexibility index (Phi) is 6.60. The number of likely N-dealkylation sites (tertiary alicyclic amines) is 1. The minimum Gasteiger partial charge on any atom is -0.342 e. The fraction of sp³-hybridized carbons (Fsp3) is 0.250. The number of guanidine groups is 1. The molecule has 0 bridgehead atoms. The lowest BCUT2D eigenvalue weighted by atomic mass is 9.88. The van der Waals surface area contributed by atoms with Crippen LogP contribution in [0.3, 0.4) is 0 Å². The minimum atomic E-state index is 0.542. The van der Waals surface area contributed by atoms with Crippen LogP contribution in [0.15, 0.2) is 77.4 Å². The maximum Gasteiger partial charge on any atom is 0.207 e. The number of halogens is 1. The largest absolute Gasteiger partial charge is 0.342 e. The molecule has 1 aliphatic heterocycles. The van der Waals surface area contributed by atoms with E-state index in [-0.39, 0.29) is 0 Å². The summed E-state index contributed by atoms with van der Waals surface area (Å²) in [7, 11) is 0. The van der Waals surface area contributed by atoms with E-state index in [1.165, 1.54) is 27.8 Å². The molecule has 0 radical (unpaired) electrons. The second kappa shape index (κ2) is 10.1. The van der Waals surface area contributed by atoms with Crippen molar-refractivity contribution in [3.8, 4) is 6.19 Å². The Labute approximate surface area is 205 Å². The van der Waals surface area contributed by atoms with Crippen molar-refractivity contribution in [2.75, 3.05) is 13.1 Å². The topological polar surface area (TPSA) is 64.3 Å². The van der Waals surface area contributed by atoms with Crippen molar-refractivity contribution in [2.24, 2.45) is 4.99 Å². The van der Waals surface area contributed by atoms with Gasteiger partial charge in [-0.1, -0.05) is 59.6 Å². The molecule has 1 fully saturated rings. The zero-order valence-corrected chi connectivity index (χ0v) is 19.7. The van der Waals surface area contributed by atoms with Gasteiger partial charge >= 0.3 is 0 Å². The highest BCUT2D eigenvalue weighted by atomic mass is 35.5. The third kappa shape index (κ3) is 4.69. The molecule has 0 amide bonds. The first-order chi connectivity index (χ1) is 16.7. The highest BCUT2D eigenvalue weighted by Gasteiger charge is 2.26. The Bertz CT molecular complexity index is 1280. The number of rotatable bonds is 2. The first-order valence-electron chi connectivity index (χ1n) is 11.7. The van der Waals surface area contributed by atoms with Gasteiger partial charge in [0.05, 0.1) is 12.2 Å². The number of benzene rings is 2. The quantitative estimate of drug-likeness (QED) is 0.238. The van der Waals surface area contributed by atoms with Gasteiger partial charge in [-0.15, -0.1) is 0 Å². The van der Waals surface area contributed by atoms with Gasteiger partial charge in [-0.2, -0.15) is 5.26 Å². The summed E-state index contributed by atoms with van der Waals surface area (Å²) >= 11 is 6.35. The minimum absolute atomic E-state index is 0.542. The van der Waals surface area contributed by atoms with Crippen molar-refractivity contribution in [2.45, 2.75) is 32.2 Å². The summed E-state index contributed by atoms with van der Waals surface area (Å²) in [5, 5.41) is 12.9. The summed E-state index contributed by atoms with van der Waals surface area (Å²) in [5.74, 6) is 0.641. The van der Waals surface area contributed by atoms with Crippen LogP contribution >= 0.6 is 11.6 Å². The molecule has 34 heavy (non-hydrogen) atoms. The SMILES string of the molecule is N#CNC(=NCc1ccccc1)N1CCC(=C2c3ccc(Cl)cc3CCc3cccnc32)CC1. The Morgan fingerprint density at radius 1 is 1.00 bits per heavy atom. The van der Waals surface area contributed by atoms with Crippen LogP contribution in [-0.2, 0) is 19.4 Å². The van der Waals surface area contributed by atoms with Crippen LogP contribution < -0.4 is 5.32 Å². The summed E-state index contributed by atoms with van der Waals surface area (Å²) in [6, 6.07) is 20.6. The van der Waals surface area contributed by atoms with E-state index in [4.69, 9.17) is 21.6 Å². The summed E-state index contributed by atoms with van der Waals surface area (Å²) in [4.78, 5) is 11.7. The number of fused-ring (bicyclic) bond motifs is 2. The second-order valence-corrected chi connectivity index (χ2v) is 9.08. The number of nitrogens with zero attached hydrogens (tertiary/aromatic N) is 4. The highest BCUT2D eigenvalue weighted by Crippen LogP contribution is 2.38. The smallest absolute Gasteiger partial charge is 0.207 e. The zero-order chi connectivity index (χ0) is 23.3. The fourth-order valence-electron chi connectivity index (χ4n) is 4.89. The second-order valence-electron chi connectivity index (χ2n) is 8.64. The van der Waals surface area contributed by atoms with Crippen LogP contribution in [-0.4, -0.2) is 28.9 Å². The summed E-state index contributed by atoms with van der Waals surface area (Å²) in [5.41, 5.74) is 8.70. The number of aromatic nitrogens is 1. The van der Waals surface area contributed by atoms with Crippen molar-refractivity contribution in [1.29, 1.82) is 5.26 Å². The van der Waals surface area contributed by atoms with E-state index < -0.39 is 0 Å². The van der Waals surface area contributed by atoms with Crippen LogP contribution in [0.1, 0.15) is 40.8 Å². The van der Waals surface area contributed by atoms with Gasteiger partial charge < -0.3 is 4.90 Å². The third-order valence-electron chi connectivity index (χ3n) is 6.57. The Morgan fingerprint density at radius 3 is 2.59 bits per heavy atom. The van der Waals surface area contributed by atoms with E-state index >= 15 is 0 Å². The average Bonchev–Trinajstić information content (AvgIpc) is 3.04. The molecule has 6 heteroatoms. The number of pyridine rings is 1. The predicted molar refractivity (Wildman–Crippen MR) is 136 cm³/mol. The molecule has 0 unspecified atom stereocenters. The summed E-state index contributed by atoms with van der Waals surface area (Å²) in [6.07, 6.45) is 7.65. The van der Waals surface area contributed by atoms with E-state index in [2.05, 4.69) is 34.6 Å². The summed E-state index contributed by atoms with van der Waals surface area (Å²) < 4.78 is 0. The molecule has 5 nitrogen and oxygen atoms in total. The Morgan fingerprint density at radius 2 is 1.79 bits per heavy atom. The number of piperidine rings is 1. The van der Waals surface area contributed by atoms with Crippen molar-refractivity contribution in [3.63, 3.8) is 0 Å². The highest BCUT2D eigenvalue weighted by molar-refractivity contribution is 6.30. The number of hydrogen-bond acceptors (Lipinski definition) is 3. The molecule has 1 saturated heterocycles. The van der Waals surface area contributed by atoms with Crippen molar-refractivity contribution in [3.05, 3.63) is 105 Å². The van der Waals surface area contributed by atoms with Gasteiger partial charge in [-0.3, -0.25) is 10.3 Å². The fourth-order valence-corrected chi connectivity index (χ4v) is 5.08. The molecule has 2 aliphatic rings. The van der Waals surface area contributed by atoms with Gasteiger partial charge in [-0.25, -0.2) is 4.99 Å². The lowest BCUT2D eigenvalue weighted by Gasteiger charge is -2.32. The number of aliphatic imine (C=N–C) groups is 1. The molecule has 5 rings (SSSR count).